The van der Waals surface area contributed by atoms with E-state index >= 15 is 0 Å². The average Bonchev–Trinajstić information content (AvgIpc) is 2.40. The summed E-state index contributed by atoms with van der Waals surface area (Å²) in [6, 6.07) is 3.83. The Bertz CT molecular complexity index is 566. The molecule has 0 amide bonds. The molecule has 0 fully saturated rings. The summed E-state index contributed by atoms with van der Waals surface area (Å²) >= 11 is 0. The highest BCUT2D eigenvalue weighted by molar-refractivity contribution is 5.35. The van der Waals surface area contributed by atoms with Crippen molar-refractivity contribution in [2.24, 2.45) is 5.92 Å². The molecular weight excluding hydrogens is 238 g/mol. The molecule has 0 aromatic carbocycles. The monoisotopic (exact) mass is 259 g/mol. The number of hydrogen-bond acceptors (Lipinski definition) is 3. The Kier molecular flexibility index (Phi) is 4.06. The Morgan fingerprint density at radius 3 is 2.79 bits per heavy atom. The van der Waals surface area contributed by atoms with Crippen LogP contribution in [0.15, 0.2) is 10.9 Å². The highest BCUT2D eigenvalue weighted by Crippen LogP contribution is 2.19. The van der Waals surface area contributed by atoms with E-state index in [0.717, 1.165) is 37.3 Å². The van der Waals surface area contributed by atoms with E-state index in [1.54, 1.807) is 6.07 Å². The van der Waals surface area contributed by atoms with E-state index in [-0.39, 0.29) is 11.1 Å². The second-order valence-corrected chi connectivity index (χ2v) is 5.57. The summed E-state index contributed by atoms with van der Waals surface area (Å²) in [5.74, 6) is 0.403. The molecule has 0 spiro atoms. The lowest BCUT2D eigenvalue weighted by Gasteiger charge is -2.30. The van der Waals surface area contributed by atoms with E-state index in [1.165, 1.54) is 0 Å². The van der Waals surface area contributed by atoms with Crippen LogP contribution in [-0.2, 0) is 19.5 Å². The fraction of sp³-hybridized carbons (Fsp3) is 0.600. The molecule has 0 atom stereocenters. The minimum absolute atomic E-state index is 0.125. The number of nitrogens with zero attached hydrogens (tertiary/aromatic N) is 3. The van der Waals surface area contributed by atoms with Gasteiger partial charge in [0.1, 0.15) is 11.6 Å². The highest BCUT2D eigenvalue weighted by atomic mass is 16.1. The van der Waals surface area contributed by atoms with Crippen molar-refractivity contribution in [3.63, 3.8) is 0 Å². The maximum atomic E-state index is 12.3. The molecule has 4 nitrogen and oxygen atoms in total. The van der Waals surface area contributed by atoms with E-state index < -0.39 is 0 Å². The van der Waals surface area contributed by atoms with Gasteiger partial charge in [0.15, 0.2) is 0 Å². The summed E-state index contributed by atoms with van der Waals surface area (Å²) in [6.07, 6.45) is 0.900. The first-order valence-electron chi connectivity index (χ1n) is 6.94. The van der Waals surface area contributed by atoms with Gasteiger partial charge in [-0.25, -0.2) is 0 Å². The molecule has 0 saturated carbocycles. The van der Waals surface area contributed by atoms with Gasteiger partial charge in [-0.15, -0.1) is 0 Å². The van der Waals surface area contributed by atoms with Crippen molar-refractivity contribution in [2.45, 2.75) is 40.3 Å². The predicted octanol–water partition coefficient (Wildman–Crippen LogP) is 1.75. The Labute approximate surface area is 114 Å². The van der Waals surface area contributed by atoms with Crippen LogP contribution in [0.5, 0.6) is 0 Å². The number of fused-ring (bicyclic) bond motifs is 1. The van der Waals surface area contributed by atoms with Gasteiger partial charge < -0.3 is 4.57 Å². The Morgan fingerprint density at radius 2 is 2.21 bits per heavy atom. The number of aromatic nitrogens is 1. The molecule has 4 heteroatoms. The van der Waals surface area contributed by atoms with E-state index in [1.807, 2.05) is 10.6 Å². The first-order valence-corrected chi connectivity index (χ1v) is 6.94. The van der Waals surface area contributed by atoms with Crippen molar-refractivity contribution >= 4 is 0 Å². The van der Waals surface area contributed by atoms with Gasteiger partial charge in [-0.2, -0.15) is 5.26 Å². The van der Waals surface area contributed by atoms with Crippen molar-refractivity contribution in [3.8, 4) is 6.07 Å². The van der Waals surface area contributed by atoms with E-state index in [9.17, 15) is 4.79 Å². The van der Waals surface area contributed by atoms with Crippen LogP contribution in [0.1, 0.15) is 37.6 Å². The normalized spacial score (nSPS) is 15.3. The van der Waals surface area contributed by atoms with Crippen molar-refractivity contribution < 1.29 is 0 Å². The van der Waals surface area contributed by atoms with Crippen molar-refractivity contribution in [3.05, 3.63) is 33.2 Å². The molecular formula is C15H21N3O. The second-order valence-electron chi connectivity index (χ2n) is 5.57. The first-order chi connectivity index (χ1) is 9.06. The van der Waals surface area contributed by atoms with Gasteiger partial charge in [-0.1, -0.05) is 20.8 Å². The molecule has 0 aliphatic carbocycles. The van der Waals surface area contributed by atoms with E-state index in [2.05, 4.69) is 25.7 Å². The van der Waals surface area contributed by atoms with Crippen LogP contribution in [0.2, 0.25) is 0 Å². The van der Waals surface area contributed by atoms with E-state index in [4.69, 9.17) is 5.26 Å². The third-order valence-corrected chi connectivity index (χ3v) is 3.66. The zero-order valence-electron chi connectivity index (χ0n) is 11.9. The molecule has 19 heavy (non-hydrogen) atoms. The van der Waals surface area contributed by atoms with Crippen LogP contribution in [-0.4, -0.2) is 22.6 Å². The quantitative estimate of drug-likeness (QED) is 0.831. The molecule has 0 unspecified atom stereocenters. The first kappa shape index (κ1) is 13.8. The van der Waals surface area contributed by atoms with Gasteiger partial charge in [-0.3, -0.25) is 9.69 Å². The largest absolute Gasteiger partial charge is 0.311 e. The fourth-order valence-corrected chi connectivity index (χ4v) is 2.69. The van der Waals surface area contributed by atoms with Crippen LogP contribution in [0.3, 0.4) is 0 Å². The third kappa shape index (κ3) is 2.71. The highest BCUT2D eigenvalue weighted by Gasteiger charge is 2.21. The molecule has 2 heterocycles. The standard InChI is InChI=1S/C15H21N3O/c1-4-17-6-5-14-13(10-17)7-12(8-16)15(19)18(14)9-11(2)3/h7,11H,4-6,9-10H2,1-3H3. The summed E-state index contributed by atoms with van der Waals surface area (Å²) in [5.41, 5.74) is 2.42. The molecule has 1 aromatic heterocycles. The lowest BCUT2D eigenvalue weighted by atomic mass is 10.0. The van der Waals surface area contributed by atoms with Crippen LogP contribution >= 0.6 is 0 Å². The number of likely N-dealkylation sites (N-methyl/N-ethyl adjacent to an activating group) is 1. The molecule has 0 saturated heterocycles. The van der Waals surface area contributed by atoms with Gasteiger partial charge in [-0.05, 0) is 24.1 Å². The maximum absolute atomic E-state index is 12.3. The summed E-state index contributed by atoms with van der Waals surface area (Å²) in [6.45, 7) is 9.87. The molecule has 1 aromatic rings. The zero-order chi connectivity index (χ0) is 14.0. The Hall–Kier alpha value is -1.60. The van der Waals surface area contributed by atoms with Crippen LogP contribution in [0.4, 0.5) is 0 Å². The van der Waals surface area contributed by atoms with Gasteiger partial charge in [0.2, 0.25) is 0 Å². The zero-order valence-corrected chi connectivity index (χ0v) is 11.9. The average molecular weight is 259 g/mol. The fourth-order valence-electron chi connectivity index (χ4n) is 2.69. The molecule has 0 N–H and O–H groups in total. The third-order valence-electron chi connectivity index (χ3n) is 3.66. The SMILES string of the molecule is CCN1CCc2c(cc(C#N)c(=O)n2CC(C)C)C1. The topological polar surface area (TPSA) is 49.0 Å². The molecule has 2 rings (SSSR count). The summed E-state index contributed by atoms with van der Waals surface area (Å²) < 4.78 is 1.82. The van der Waals surface area contributed by atoms with Crippen LogP contribution in [0.25, 0.3) is 0 Å². The molecule has 102 valence electrons. The lowest BCUT2D eigenvalue weighted by molar-refractivity contribution is 0.260. The minimum atomic E-state index is -0.125. The van der Waals surface area contributed by atoms with Crippen LogP contribution in [0, 0.1) is 17.2 Å². The molecule has 1 aliphatic rings. The predicted molar refractivity (Wildman–Crippen MR) is 74.9 cm³/mol. The van der Waals surface area contributed by atoms with Crippen molar-refractivity contribution in [1.29, 1.82) is 5.26 Å². The number of pyridine rings is 1. The smallest absolute Gasteiger partial charge is 0.268 e. The van der Waals surface area contributed by atoms with Gasteiger partial charge in [0.25, 0.3) is 5.56 Å². The number of rotatable bonds is 3. The van der Waals surface area contributed by atoms with Crippen LogP contribution < -0.4 is 5.56 Å². The van der Waals surface area contributed by atoms with Crippen molar-refractivity contribution in [2.75, 3.05) is 13.1 Å². The van der Waals surface area contributed by atoms with Gasteiger partial charge in [0, 0.05) is 31.7 Å². The maximum Gasteiger partial charge on any atom is 0.268 e. The van der Waals surface area contributed by atoms with Gasteiger partial charge >= 0.3 is 0 Å². The van der Waals surface area contributed by atoms with E-state index in [0.29, 0.717) is 12.5 Å². The van der Waals surface area contributed by atoms with Gasteiger partial charge in [0.05, 0.1) is 0 Å². The molecule has 1 aliphatic heterocycles. The Balaban J connectivity index is 2.53. The molecule has 0 radical (unpaired) electrons. The lowest BCUT2D eigenvalue weighted by Crippen LogP contribution is -2.37. The van der Waals surface area contributed by atoms with Crippen molar-refractivity contribution in [1.82, 2.24) is 9.47 Å². The minimum Gasteiger partial charge on any atom is -0.311 e. The number of hydrogen-bond donors (Lipinski definition) is 0. The summed E-state index contributed by atoms with van der Waals surface area (Å²) in [4.78, 5) is 14.6. The summed E-state index contributed by atoms with van der Waals surface area (Å²) in [7, 11) is 0. The summed E-state index contributed by atoms with van der Waals surface area (Å²) in [5, 5.41) is 9.12. The molecule has 0 bridgehead atoms. The number of nitriles is 1. The Morgan fingerprint density at radius 1 is 1.47 bits per heavy atom. The second kappa shape index (κ2) is 5.58.